The summed E-state index contributed by atoms with van der Waals surface area (Å²) in [5.74, 6) is 0. The maximum Gasteiger partial charge on any atom is 0.222 e. The molecule has 0 aromatic carbocycles. The molecule has 0 spiro atoms. The van der Waals surface area contributed by atoms with Crippen LogP contribution in [-0.2, 0) is 20.6 Å². The summed E-state index contributed by atoms with van der Waals surface area (Å²) in [5, 5.41) is 0. The molecule has 13 heavy (non-hydrogen) atoms. The van der Waals surface area contributed by atoms with Crippen LogP contribution >= 0.6 is 15.9 Å². The number of hydrogen-bond acceptors (Lipinski definition) is 4. The second-order valence-corrected chi connectivity index (χ2v) is 4.77. The molecule has 0 aromatic heterocycles. The molecular weight excluding hydrogens is 280 g/mol. The van der Waals surface area contributed by atoms with Crippen LogP contribution < -0.4 is 0 Å². The lowest BCUT2D eigenvalue weighted by Crippen LogP contribution is -2.05. The maximum atomic E-state index is 10.5. The molecule has 0 fully saturated rings. The average Bonchev–Trinajstić information content (AvgIpc) is 2.03. The van der Waals surface area contributed by atoms with Crippen LogP contribution in [0.3, 0.4) is 0 Å². The van der Waals surface area contributed by atoms with Crippen molar-refractivity contribution in [3.63, 3.8) is 0 Å². The molecule has 0 atom stereocenters. The fourth-order valence-electron chi connectivity index (χ4n) is 0.720. The molecule has 0 radical (unpaired) electrons. The highest BCUT2D eigenvalue weighted by atomic mass is 79.9. The van der Waals surface area contributed by atoms with Crippen LogP contribution in [0.15, 0.2) is 22.7 Å². The summed E-state index contributed by atoms with van der Waals surface area (Å²) in [7, 11) is -4.70. The first-order chi connectivity index (χ1) is 6.02. The minimum atomic E-state index is -2.36. The molecule has 70 valence electrons. The second kappa shape index (κ2) is 4.03. The molecule has 7 heteroatoms. The summed E-state index contributed by atoms with van der Waals surface area (Å²) in [6.07, 6.45) is 3.67. The molecule has 0 aliphatic heterocycles. The molecule has 0 amide bonds. The molecule has 0 bridgehead atoms. The van der Waals surface area contributed by atoms with E-state index >= 15 is 0 Å². The summed E-state index contributed by atoms with van der Waals surface area (Å²) in [6, 6.07) is 0. The van der Waals surface area contributed by atoms with Gasteiger partial charge in [-0.1, -0.05) is 0 Å². The Balaban J connectivity index is 3.47. The third-order valence-electron chi connectivity index (χ3n) is 1.28. The van der Waals surface area contributed by atoms with Gasteiger partial charge in [0.05, 0.1) is 4.86 Å². The molecule has 0 unspecified atom stereocenters. The van der Waals surface area contributed by atoms with Crippen LogP contribution in [0.4, 0.5) is 0 Å². The lowest BCUT2D eigenvalue weighted by molar-refractivity contribution is 0.625. The van der Waals surface area contributed by atoms with Gasteiger partial charge in [0, 0.05) is 4.48 Å². The van der Waals surface area contributed by atoms with Crippen LogP contribution in [0.5, 0.6) is 0 Å². The van der Waals surface area contributed by atoms with E-state index in [1.165, 1.54) is 18.2 Å². The van der Waals surface area contributed by atoms with Crippen molar-refractivity contribution in [2.24, 2.45) is 0 Å². The fourth-order valence-corrected chi connectivity index (χ4v) is 2.44. The summed E-state index contributed by atoms with van der Waals surface area (Å²) in [4.78, 5) is 0.0790. The van der Waals surface area contributed by atoms with E-state index in [1.54, 1.807) is 0 Å². The Morgan fingerprint density at radius 1 is 1.00 bits per heavy atom. The number of hydrogen-bond donors (Lipinski definition) is 0. The van der Waals surface area contributed by atoms with E-state index < -0.39 is 20.6 Å². The van der Waals surface area contributed by atoms with E-state index in [0.717, 1.165) is 0 Å². The highest BCUT2D eigenvalue weighted by Gasteiger charge is 2.09. The lowest BCUT2D eigenvalue weighted by Gasteiger charge is -1.99. The molecule has 0 saturated heterocycles. The van der Waals surface area contributed by atoms with E-state index in [2.05, 4.69) is 15.9 Å². The zero-order chi connectivity index (χ0) is 10.0. The summed E-state index contributed by atoms with van der Waals surface area (Å²) in [5.41, 5.74) is 0. The molecule has 0 saturated carbocycles. The van der Waals surface area contributed by atoms with Gasteiger partial charge in [-0.15, -0.1) is 0 Å². The van der Waals surface area contributed by atoms with Crippen molar-refractivity contribution in [3.8, 4) is 0 Å². The van der Waals surface area contributed by atoms with Crippen LogP contribution in [-0.4, -0.2) is 26.6 Å². The van der Waals surface area contributed by atoms with Crippen molar-refractivity contribution in [1.82, 2.24) is 0 Å². The van der Waals surface area contributed by atoms with E-state index in [1.807, 2.05) is 0 Å². The maximum absolute atomic E-state index is 10.5. The third kappa shape index (κ3) is 2.39. The van der Waals surface area contributed by atoms with Gasteiger partial charge in [0.25, 0.3) is 0 Å². The van der Waals surface area contributed by atoms with Gasteiger partial charge < -0.3 is 0 Å². The minimum Gasteiger partial charge on any atom is -0.184 e. The quantitative estimate of drug-likeness (QED) is 0.584. The van der Waals surface area contributed by atoms with Crippen molar-refractivity contribution in [1.29, 1.82) is 0 Å². The Morgan fingerprint density at radius 2 is 1.62 bits per heavy atom. The van der Waals surface area contributed by atoms with E-state index in [-0.39, 0.29) is 14.2 Å². The van der Waals surface area contributed by atoms with E-state index in [9.17, 15) is 16.8 Å². The fraction of sp³-hybridized carbons (Fsp3) is 0. The standard InChI is InChI=1S/C6H3BrO4S2/c7-5-3-4(12(8)9)1-2-6(5)13(10)11/h1-3H. The van der Waals surface area contributed by atoms with Crippen molar-refractivity contribution >= 4 is 46.2 Å². The lowest BCUT2D eigenvalue weighted by atomic mass is 10.2. The highest BCUT2D eigenvalue weighted by Crippen LogP contribution is 2.12. The molecule has 1 aliphatic carbocycles. The van der Waals surface area contributed by atoms with Crippen LogP contribution in [0.2, 0.25) is 0 Å². The van der Waals surface area contributed by atoms with Gasteiger partial charge in [0.15, 0.2) is 0 Å². The largest absolute Gasteiger partial charge is 0.222 e. The van der Waals surface area contributed by atoms with Crippen LogP contribution in [0, 0.1) is 0 Å². The smallest absolute Gasteiger partial charge is 0.184 e. The number of halogens is 1. The highest BCUT2D eigenvalue weighted by molar-refractivity contribution is 9.12. The third-order valence-corrected chi connectivity index (χ3v) is 3.55. The topological polar surface area (TPSA) is 68.3 Å². The van der Waals surface area contributed by atoms with Gasteiger partial charge in [-0.05, 0) is 34.2 Å². The molecule has 0 aromatic rings. The average molecular weight is 283 g/mol. The van der Waals surface area contributed by atoms with Gasteiger partial charge in [-0.25, -0.2) is 0 Å². The zero-order valence-electron chi connectivity index (χ0n) is 6.06. The molecular formula is C6H3BrO4S2. The molecule has 0 heterocycles. The Bertz CT molecular complexity index is 544. The molecule has 1 rings (SSSR count). The summed E-state index contributed by atoms with van der Waals surface area (Å²) >= 11 is 2.95. The van der Waals surface area contributed by atoms with E-state index in [4.69, 9.17) is 0 Å². The zero-order valence-corrected chi connectivity index (χ0v) is 9.28. The molecule has 0 N–H and O–H groups in total. The summed E-state index contributed by atoms with van der Waals surface area (Å²) < 4.78 is 42.2. The first-order valence-electron chi connectivity index (χ1n) is 3.00. The van der Waals surface area contributed by atoms with Gasteiger partial charge in [-0.3, -0.25) is 0 Å². The van der Waals surface area contributed by atoms with Crippen molar-refractivity contribution < 1.29 is 16.8 Å². The van der Waals surface area contributed by atoms with Crippen LogP contribution in [0.1, 0.15) is 0 Å². The van der Waals surface area contributed by atoms with Gasteiger partial charge in [-0.2, -0.15) is 16.8 Å². The number of allylic oxidation sites excluding steroid dienone is 4. The minimum absolute atomic E-state index is 0.0363. The van der Waals surface area contributed by atoms with Gasteiger partial charge in [0.1, 0.15) is 4.86 Å². The number of rotatable bonds is 0. The second-order valence-electron chi connectivity index (χ2n) is 2.06. The first kappa shape index (κ1) is 10.4. The van der Waals surface area contributed by atoms with Gasteiger partial charge in [0.2, 0.25) is 20.6 Å². The Kier molecular flexibility index (Phi) is 3.23. The van der Waals surface area contributed by atoms with Crippen LogP contribution in [0.25, 0.3) is 0 Å². The molecule has 4 nitrogen and oxygen atoms in total. The Hall–Kier alpha value is -0.660. The Morgan fingerprint density at radius 3 is 2.00 bits per heavy atom. The van der Waals surface area contributed by atoms with E-state index in [0.29, 0.717) is 0 Å². The normalized spacial score (nSPS) is 15.6. The predicted molar refractivity (Wildman–Crippen MR) is 54.0 cm³/mol. The van der Waals surface area contributed by atoms with Gasteiger partial charge >= 0.3 is 0 Å². The monoisotopic (exact) mass is 282 g/mol. The predicted octanol–water partition coefficient (Wildman–Crippen LogP) is -0.0620. The van der Waals surface area contributed by atoms with Crippen molar-refractivity contribution in [3.05, 3.63) is 22.7 Å². The first-order valence-corrected chi connectivity index (χ1v) is 5.94. The molecule has 1 aliphatic rings. The van der Waals surface area contributed by atoms with Crippen molar-refractivity contribution in [2.75, 3.05) is 0 Å². The van der Waals surface area contributed by atoms with Crippen molar-refractivity contribution in [2.45, 2.75) is 0 Å². The Labute approximate surface area is 85.8 Å². The SMILES string of the molecule is O=S(=O)=C1C=CC(=S(=O)=O)C(Br)=C1. The summed E-state index contributed by atoms with van der Waals surface area (Å²) in [6.45, 7) is 0.